The second kappa shape index (κ2) is 9.66. The Morgan fingerprint density at radius 3 is 2.69 bits per heavy atom. The van der Waals surface area contributed by atoms with Gasteiger partial charge in [-0.3, -0.25) is 14.9 Å². The van der Waals surface area contributed by atoms with E-state index in [9.17, 15) is 14.9 Å². The molecule has 0 aliphatic rings. The molecule has 3 rings (SSSR count). The summed E-state index contributed by atoms with van der Waals surface area (Å²) in [5.41, 5.74) is 1.62. The van der Waals surface area contributed by atoms with Crippen LogP contribution in [-0.2, 0) is 5.75 Å². The van der Waals surface area contributed by atoms with Crippen molar-refractivity contribution in [1.82, 2.24) is 4.98 Å². The van der Waals surface area contributed by atoms with Crippen molar-refractivity contribution in [1.29, 1.82) is 0 Å². The highest BCUT2D eigenvalue weighted by atomic mass is 32.2. The van der Waals surface area contributed by atoms with Crippen LogP contribution in [0.1, 0.15) is 21.5 Å². The second-order valence-electron chi connectivity index (χ2n) is 6.00. The number of pyridine rings is 1. The summed E-state index contributed by atoms with van der Waals surface area (Å²) >= 11 is 1.58. The average Bonchev–Trinajstić information content (AvgIpc) is 2.76. The largest absolute Gasteiger partial charge is 0.496 e. The number of aromatic nitrogens is 1. The highest BCUT2D eigenvalue weighted by Crippen LogP contribution is 2.28. The van der Waals surface area contributed by atoms with Crippen LogP contribution in [0.2, 0.25) is 0 Å². The van der Waals surface area contributed by atoms with Crippen LogP contribution in [0.5, 0.6) is 5.75 Å². The molecular weight excluding hydrogens is 388 g/mol. The molecule has 0 fully saturated rings. The van der Waals surface area contributed by atoms with Gasteiger partial charge in [-0.05, 0) is 42.0 Å². The van der Waals surface area contributed by atoms with Crippen LogP contribution in [0.4, 0.5) is 5.69 Å². The Kier molecular flexibility index (Phi) is 6.76. The van der Waals surface area contributed by atoms with E-state index < -0.39 is 10.7 Å². The molecule has 146 valence electrons. The number of hydrogen-bond acceptors (Lipinski definition) is 6. The third kappa shape index (κ3) is 5.30. The number of hydrogen-bond donors (Lipinski definition) is 0. The van der Waals surface area contributed by atoms with Crippen molar-refractivity contribution in [2.75, 3.05) is 7.11 Å². The summed E-state index contributed by atoms with van der Waals surface area (Å²) in [4.78, 5) is 27.3. The normalized spacial score (nSPS) is 10.8. The highest BCUT2D eigenvalue weighted by Gasteiger charge is 2.17. The molecule has 0 saturated carbocycles. The number of ketones is 1. The monoisotopic (exact) mass is 406 g/mol. The zero-order valence-electron chi connectivity index (χ0n) is 15.6. The van der Waals surface area contributed by atoms with E-state index in [0.717, 1.165) is 21.9 Å². The molecule has 0 N–H and O–H groups in total. The number of nitro benzene ring substituents is 1. The minimum absolute atomic E-state index is 0.0631. The van der Waals surface area contributed by atoms with Crippen molar-refractivity contribution in [2.45, 2.75) is 10.8 Å². The Morgan fingerprint density at radius 2 is 1.97 bits per heavy atom. The number of carbonyl (C=O) groups is 1. The number of para-hydroxylation sites is 1. The fourth-order valence-corrected chi connectivity index (χ4v) is 3.54. The van der Waals surface area contributed by atoms with E-state index in [1.807, 2.05) is 36.4 Å². The second-order valence-corrected chi connectivity index (χ2v) is 7.00. The maximum absolute atomic E-state index is 12.4. The summed E-state index contributed by atoms with van der Waals surface area (Å²) in [6, 6.07) is 17.2. The lowest BCUT2D eigenvalue weighted by Gasteiger charge is -2.09. The maximum atomic E-state index is 12.4. The molecule has 29 heavy (non-hydrogen) atoms. The molecule has 0 radical (unpaired) electrons. The number of carbonyl (C=O) groups excluding carboxylic acids is 1. The van der Waals surface area contributed by atoms with Crippen LogP contribution >= 0.6 is 11.8 Å². The third-order valence-corrected chi connectivity index (χ3v) is 5.10. The van der Waals surface area contributed by atoms with Crippen LogP contribution in [-0.4, -0.2) is 22.8 Å². The molecule has 1 aromatic heterocycles. The first-order chi connectivity index (χ1) is 14.1. The zero-order valence-corrected chi connectivity index (χ0v) is 16.5. The van der Waals surface area contributed by atoms with Crippen molar-refractivity contribution in [2.24, 2.45) is 0 Å². The number of thioether (sulfide) groups is 1. The van der Waals surface area contributed by atoms with E-state index in [-0.39, 0.29) is 11.3 Å². The van der Waals surface area contributed by atoms with Gasteiger partial charge in [-0.25, -0.2) is 4.98 Å². The van der Waals surface area contributed by atoms with Crippen LogP contribution in [0.15, 0.2) is 78.0 Å². The SMILES string of the molecule is COc1ccc(/C=C/C(=O)c2ccccc2[N+](=O)[O-])cc1CSc1ccccn1. The Hall–Kier alpha value is -3.45. The van der Waals surface area contributed by atoms with Gasteiger partial charge >= 0.3 is 0 Å². The van der Waals surface area contributed by atoms with E-state index in [1.165, 1.54) is 24.3 Å². The lowest BCUT2D eigenvalue weighted by atomic mass is 10.1. The molecule has 0 aliphatic heterocycles. The zero-order chi connectivity index (χ0) is 20.6. The first-order valence-corrected chi connectivity index (χ1v) is 9.73. The molecule has 2 aromatic carbocycles. The first-order valence-electron chi connectivity index (χ1n) is 8.75. The van der Waals surface area contributed by atoms with Gasteiger partial charge in [0.15, 0.2) is 5.78 Å². The molecule has 6 nitrogen and oxygen atoms in total. The fraction of sp³-hybridized carbons (Fsp3) is 0.0909. The quantitative estimate of drug-likeness (QED) is 0.168. The number of methoxy groups -OCH3 is 1. The van der Waals surface area contributed by atoms with E-state index in [1.54, 1.807) is 37.2 Å². The lowest BCUT2D eigenvalue weighted by molar-refractivity contribution is -0.385. The predicted molar refractivity (Wildman–Crippen MR) is 113 cm³/mol. The third-order valence-electron chi connectivity index (χ3n) is 4.11. The van der Waals surface area contributed by atoms with Gasteiger partial charge in [-0.2, -0.15) is 0 Å². The summed E-state index contributed by atoms with van der Waals surface area (Å²) in [5, 5.41) is 12.0. The lowest BCUT2D eigenvalue weighted by Crippen LogP contribution is -2.00. The number of rotatable bonds is 8. The van der Waals surface area contributed by atoms with Crippen LogP contribution in [0.25, 0.3) is 6.08 Å². The van der Waals surface area contributed by atoms with E-state index in [0.29, 0.717) is 5.75 Å². The average molecular weight is 406 g/mol. The molecule has 1 heterocycles. The van der Waals surface area contributed by atoms with Crippen LogP contribution in [0.3, 0.4) is 0 Å². The Morgan fingerprint density at radius 1 is 1.17 bits per heavy atom. The van der Waals surface area contributed by atoms with Gasteiger partial charge in [0.25, 0.3) is 5.69 Å². The summed E-state index contributed by atoms with van der Waals surface area (Å²) < 4.78 is 5.43. The van der Waals surface area contributed by atoms with Crippen LogP contribution in [0, 0.1) is 10.1 Å². The number of nitrogens with zero attached hydrogens (tertiary/aromatic N) is 2. The summed E-state index contributed by atoms with van der Waals surface area (Å²) in [7, 11) is 1.61. The molecule has 0 spiro atoms. The summed E-state index contributed by atoms with van der Waals surface area (Å²) in [6.07, 6.45) is 4.74. The standard InChI is InChI=1S/C22H18N2O4S/c1-28-21-12-10-16(14-17(21)15-29-22-8-4-5-13-23-22)9-11-20(25)18-6-2-3-7-19(18)24(26)27/h2-14H,15H2,1H3/b11-9+. The van der Waals surface area contributed by atoms with Crippen molar-refractivity contribution < 1.29 is 14.5 Å². The maximum Gasteiger partial charge on any atom is 0.280 e. The predicted octanol–water partition coefficient (Wildman–Crippen LogP) is 5.19. The summed E-state index contributed by atoms with van der Waals surface area (Å²) in [6.45, 7) is 0. The molecule has 0 saturated heterocycles. The van der Waals surface area contributed by atoms with E-state index >= 15 is 0 Å². The molecule has 7 heteroatoms. The van der Waals surface area contributed by atoms with E-state index in [4.69, 9.17) is 4.74 Å². The summed E-state index contributed by atoms with van der Waals surface area (Å²) in [5.74, 6) is 0.980. The Bertz CT molecular complexity index is 1050. The number of benzene rings is 2. The molecule has 0 amide bonds. The number of ether oxygens (including phenoxy) is 1. The molecule has 0 aliphatic carbocycles. The van der Waals surface area contributed by atoms with Gasteiger partial charge in [-0.1, -0.05) is 30.3 Å². The van der Waals surface area contributed by atoms with Crippen molar-refractivity contribution in [3.05, 3.63) is 99.7 Å². The molecule has 0 bridgehead atoms. The minimum atomic E-state index is -0.554. The highest BCUT2D eigenvalue weighted by molar-refractivity contribution is 7.98. The Labute approximate surface area is 172 Å². The van der Waals surface area contributed by atoms with Gasteiger partial charge in [0, 0.05) is 23.6 Å². The van der Waals surface area contributed by atoms with Gasteiger partial charge in [0.05, 0.1) is 22.6 Å². The van der Waals surface area contributed by atoms with E-state index in [2.05, 4.69) is 4.98 Å². The fourth-order valence-electron chi connectivity index (χ4n) is 2.70. The van der Waals surface area contributed by atoms with Gasteiger partial charge in [0.1, 0.15) is 5.75 Å². The Balaban J connectivity index is 1.79. The molecular formula is C22H18N2O4S. The van der Waals surface area contributed by atoms with Crippen molar-refractivity contribution in [3.8, 4) is 5.75 Å². The smallest absolute Gasteiger partial charge is 0.280 e. The van der Waals surface area contributed by atoms with Gasteiger partial charge in [-0.15, -0.1) is 11.8 Å². The molecule has 0 unspecified atom stereocenters. The number of allylic oxidation sites excluding steroid dienone is 1. The minimum Gasteiger partial charge on any atom is -0.496 e. The van der Waals surface area contributed by atoms with Gasteiger partial charge < -0.3 is 4.74 Å². The van der Waals surface area contributed by atoms with Crippen molar-refractivity contribution >= 4 is 29.3 Å². The van der Waals surface area contributed by atoms with Crippen LogP contribution < -0.4 is 4.74 Å². The molecule has 0 atom stereocenters. The first kappa shape index (κ1) is 20.3. The van der Waals surface area contributed by atoms with Gasteiger partial charge in [0.2, 0.25) is 0 Å². The molecule has 3 aromatic rings. The number of nitro groups is 1. The van der Waals surface area contributed by atoms with Crippen molar-refractivity contribution in [3.63, 3.8) is 0 Å². The topological polar surface area (TPSA) is 82.3 Å².